The molecule has 0 nitrogen and oxygen atoms in total. The van der Waals surface area contributed by atoms with Crippen molar-refractivity contribution in [3.63, 3.8) is 0 Å². The molecule has 1 fully saturated rings. The van der Waals surface area contributed by atoms with Crippen LogP contribution in [0.4, 0.5) is 0 Å². The molecule has 1 heterocycles. The summed E-state index contributed by atoms with van der Waals surface area (Å²) in [7, 11) is 0. The van der Waals surface area contributed by atoms with Gasteiger partial charge in [-0.3, -0.25) is 0 Å². The van der Waals surface area contributed by atoms with Gasteiger partial charge in [-0.1, -0.05) is 0 Å². The maximum absolute atomic E-state index is 1.97. The second-order valence-electron chi connectivity index (χ2n) is 2.12. The van der Waals surface area contributed by atoms with Gasteiger partial charge in [0.1, 0.15) is 0 Å². The first kappa shape index (κ1) is 6.52. The van der Waals surface area contributed by atoms with Crippen LogP contribution in [0.5, 0.6) is 0 Å². The molecule has 36 valence electrons. The quantitative estimate of drug-likeness (QED) is 0.438. The van der Waals surface area contributed by atoms with Crippen molar-refractivity contribution in [2.45, 2.75) is 7.36 Å². The van der Waals surface area contributed by atoms with E-state index in [1.807, 2.05) is 7.36 Å². The van der Waals surface area contributed by atoms with E-state index >= 15 is 0 Å². The summed E-state index contributed by atoms with van der Waals surface area (Å²) >= 11 is 0.562. The van der Waals surface area contributed by atoms with Gasteiger partial charge in [0.25, 0.3) is 0 Å². The summed E-state index contributed by atoms with van der Waals surface area (Å²) < 4.78 is 5.92. The van der Waals surface area contributed by atoms with Gasteiger partial charge in [-0.05, 0) is 0 Å². The monoisotopic (exact) mass is 408 g/mol. The molecule has 6 heavy (non-hydrogen) atoms. The van der Waals surface area contributed by atoms with Crippen LogP contribution in [0.3, 0.4) is 0 Å². The molecule has 0 aromatic heterocycles. The van der Waals surface area contributed by atoms with Gasteiger partial charge in [0.05, 0.1) is 0 Å². The molecule has 0 amide bonds. The molecule has 1 rings (SSSR count). The van der Waals surface area contributed by atoms with Crippen LogP contribution in [-0.2, 0) is 0 Å². The molecule has 0 aromatic rings. The zero-order valence-electron chi connectivity index (χ0n) is 4.24. The van der Waals surface area contributed by atoms with E-state index in [2.05, 4.69) is 0 Å². The van der Waals surface area contributed by atoms with E-state index in [0.717, 1.165) is 0 Å². The predicted octanol–water partition coefficient (Wildman–Crippen LogP) is -1.37. The van der Waals surface area contributed by atoms with Crippen LogP contribution < -0.4 is 0 Å². The Balaban J connectivity index is 2.00. The summed E-state index contributed by atoms with van der Waals surface area (Å²) in [5.41, 5.74) is 0. The van der Waals surface area contributed by atoms with Crippen molar-refractivity contribution >= 4 is 63.4 Å². The Bertz CT molecular complexity index is 21.5. The second kappa shape index (κ2) is 4.29. The molecule has 0 spiro atoms. The van der Waals surface area contributed by atoms with Gasteiger partial charge >= 0.3 is 70.8 Å². The van der Waals surface area contributed by atoms with E-state index in [-0.39, 0.29) is 63.4 Å². The van der Waals surface area contributed by atoms with Crippen molar-refractivity contribution in [3.8, 4) is 0 Å². The van der Waals surface area contributed by atoms with Crippen molar-refractivity contribution in [2.75, 3.05) is 0 Å². The average molecular weight is 404 g/mol. The van der Waals surface area contributed by atoms with Crippen molar-refractivity contribution in [1.82, 2.24) is 0 Å². The molecule has 1 aliphatic rings. The zero-order chi connectivity index (χ0) is 4.24. The van der Waals surface area contributed by atoms with Crippen LogP contribution in [0.25, 0.3) is 0 Å². The molecule has 0 N–H and O–H groups in total. The number of hydrogen-bond donors (Lipinski definition) is 0. The van der Waals surface area contributed by atoms with E-state index in [1.165, 1.54) is 0 Å². The zero-order valence-corrected chi connectivity index (χ0v) is 16.4. The van der Waals surface area contributed by atoms with Crippen LogP contribution in [-0.4, -0.2) is 63.4 Å². The van der Waals surface area contributed by atoms with Gasteiger partial charge in [0, 0.05) is 0 Å². The number of hydrogen-bond acceptors (Lipinski definition) is 0. The Labute approximate surface area is 69.5 Å². The number of rotatable bonds is 0. The Morgan fingerprint density at radius 2 is 1.00 bits per heavy atom. The van der Waals surface area contributed by atoms with Gasteiger partial charge in [0.15, 0.2) is 0 Å². The van der Waals surface area contributed by atoms with E-state index < -0.39 is 0 Å². The summed E-state index contributed by atoms with van der Waals surface area (Å²) in [6.45, 7) is 0. The van der Waals surface area contributed by atoms with Gasteiger partial charge in [-0.2, -0.15) is 0 Å². The summed E-state index contributed by atoms with van der Waals surface area (Å²) in [6.07, 6.45) is 0. The van der Waals surface area contributed by atoms with Crippen LogP contribution >= 0.6 is 0 Å². The van der Waals surface area contributed by atoms with Crippen LogP contribution in [0.1, 0.15) is 0 Å². The Morgan fingerprint density at radius 3 is 1.17 bits per heavy atom. The molecule has 3 heteroatoms. The molecule has 0 saturated carbocycles. The third kappa shape index (κ3) is 2.64. The third-order valence-corrected chi connectivity index (χ3v) is 67.5. The van der Waals surface area contributed by atoms with Gasteiger partial charge < -0.3 is 0 Å². The third-order valence-electron chi connectivity index (χ3n) is 1.50. The summed E-state index contributed by atoms with van der Waals surface area (Å²) in [4.78, 5) is 0. The molecular weight excluding hydrogens is 392 g/mol. The van der Waals surface area contributed by atoms with E-state index in [4.69, 9.17) is 0 Å². The topological polar surface area (TPSA) is 0 Å². The fraction of sp³-hybridized carbons (Fsp3) is 1.00. The first-order valence-electron chi connectivity index (χ1n) is 3.00. The van der Waals surface area contributed by atoms with Gasteiger partial charge in [0.2, 0.25) is 0 Å². The minimum atomic E-state index is 0.188. The summed E-state index contributed by atoms with van der Waals surface area (Å²) in [5, 5.41) is 0. The summed E-state index contributed by atoms with van der Waals surface area (Å²) in [5.74, 6) is 0. The molecule has 0 radical (unpaired) electrons. The SMILES string of the molecule is [CH2]1[SnH2][CH2][SnH2][CH2][SnH2]1. The van der Waals surface area contributed by atoms with E-state index in [1.54, 1.807) is 0 Å². The molecule has 0 aliphatic carbocycles. The standard InChI is InChI=1S/3CH2.3Sn.6H/h3*1H2;;;;;;;;;. The first-order chi connectivity index (χ1) is 3.00. The fourth-order valence-electron chi connectivity index (χ4n) is 1.06. The maximum atomic E-state index is 1.97. The summed E-state index contributed by atoms with van der Waals surface area (Å²) in [6, 6.07) is 0. The predicted molar refractivity (Wildman–Crippen MR) is 40.1 cm³/mol. The fourth-order valence-corrected chi connectivity index (χ4v) is 184. The Morgan fingerprint density at radius 1 is 0.667 bits per heavy atom. The molecule has 0 unspecified atom stereocenters. The Kier molecular flexibility index (Phi) is 4.66. The van der Waals surface area contributed by atoms with Crippen molar-refractivity contribution < 1.29 is 0 Å². The van der Waals surface area contributed by atoms with Crippen molar-refractivity contribution in [1.29, 1.82) is 0 Å². The van der Waals surface area contributed by atoms with Gasteiger partial charge in [-0.25, -0.2) is 0 Å². The van der Waals surface area contributed by atoms with Crippen LogP contribution in [0.15, 0.2) is 0 Å². The molecule has 1 saturated heterocycles. The Hall–Kier alpha value is 2.40. The van der Waals surface area contributed by atoms with Crippen molar-refractivity contribution in [3.05, 3.63) is 0 Å². The minimum absolute atomic E-state index is 0.188. The van der Waals surface area contributed by atoms with E-state index in [9.17, 15) is 0 Å². The molecule has 0 aromatic carbocycles. The molecule has 0 atom stereocenters. The normalized spacial score (nSPS) is 36.0. The van der Waals surface area contributed by atoms with E-state index in [0.29, 0.717) is 0 Å². The molecule has 0 bridgehead atoms. The average Bonchev–Trinajstić information content (AvgIpc) is 1.72. The van der Waals surface area contributed by atoms with Gasteiger partial charge in [-0.15, -0.1) is 0 Å². The van der Waals surface area contributed by atoms with Crippen LogP contribution in [0.2, 0.25) is 7.36 Å². The molecular formula is C3H12Sn3. The second-order valence-corrected chi connectivity index (χ2v) is 54.8. The first-order valence-corrected chi connectivity index (χ1v) is 20.1. The molecule has 1 aliphatic heterocycles. The van der Waals surface area contributed by atoms with Crippen molar-refractivity contribution in [2.24, 2.45) is 0 Å². The van der Waals surface area contributed by atoms with Crippen LogP contribution in [0, 0.1) is 0 Å².